The highest BCUT2D eigenvalue weighted by Crippen LogP contribution is 2.68. The summed E-state index contributed by atoms with van der Waals surface area (Å²) in [5.74, 6) is 1.57. The third-order valence-electron chi connectivity index (χ3n) is 8.44. The molecule has 0 aliphatic heterocycles. The Labute approximate surface area is 153 Å². The molecule has 0 heterocycles. The molecule has 0 radical (unpaired) electrons. The van der Waals surface area contributed by atoms with Gasteiger partial charge in [0.05, 0.1) is 0 Å². The van der Waals surface area contributed by atoms with Gasteiger partial charge < -0.3 is 0 Å². The number of halogens is 3. The van der Waals surface area contributed by atoms with Gasteiger partial charge in [-0.25, -0.2) is 0 Å². The number of carbonyl (C=O) groups is 1. The summed E-state index contributed by atoms with van der Waals surface area (Å²) in [6.07, 6.45) is 9.95. The van der Waals surface area contributed by atoms with Gasteiger partial charge in [0, 0.05) is 6.42 Å². The standard InChI is InChI=1S/C22H27F3O/c1-3-19(22(23,24)25)21-10-4-5-18(21)16-7-6-14-13-15(26)8-11-20(14,2)17(16)9-12-21/h1,13,16-19H,4-12H2,2H3/t16-,17+,18+,19?,20+,21-/m1/s1. The average Bonchev–Trinajstić information content (AvgIpc) is 2.99. The van der Waals surface area contributed by atoms with Gasteiger partial charge in [-0.05, 0) is 79.6 Å². The molecule has 0 N–H and O–H groups in total. The van der Waals surface area contributed by atoms with Crippen LogP contribution in [0, 0.1) is 46.8 Å². The Kier molecular flexibility index (Phi) is 4.10. The summed E-state index contributed by atoms with van der Waals surface area (Å²) in [5, 5.41) is 0. The average molecular weight is 364 g/mol. The van der Waals surface area contributed by atoms with E-state index in [2.05, 4.69) is 12.8 Å². The first kappa shape index (κ1) is 18.1. The second-order valence-corrected chi connectivity index (χ2v) is 9.27. The first-order valence-corrected chi connectivity index (χ1v) is 9.99. The number of alkyl halides is 3. The van der Waals surface area contributed by atoms with Crippen molar-refractivity contribution in [3.63, 3.8) is 0 Å². The molecule has 0 bridgehead atoms. The summed E-state index contributed by atoms with van der Waals surface area (Å²) in [7, 11) is 0. The molecule has 3 fully saturated rings. The second-order valence-electron chi connectivity index (χ2n) is 9.27. The van der Waals surface area contributed by atoms with E-state index in [9.17, 15) is 18.0 Å². The van der Waals surface area contributed by atoms with Crippen LogP contribution in [0.15, 0.2) is 11.6 Å². The van der Waals surface area contributed by atoms with Crippen molar-refractivity contribution in [2.75, 3.05) is 0 Å². The highest BCUT2D eigenvalue weighted by Gasteiger charge is 2.64. The maximum Gasteiger partial charge on any atom is 0.402 e. The largest absolute Gasteiger partial charge is 0.402 e. The maximum atomic E-state index is 13.8. The van der Waals surface area contributed by atoms with Gasteiger partial charge >= 0.3 is 6.18 Å². The fraction of sp³-hybridized carbons (Fsp3) is 0.773. The fourth-order valence-corrected chi connectivity index (χ4v) is 7.35. The predicted octanol–water partition coefficient (Wildman–Crippen LogP) is 5.70. The predicted molar refractivity (Wildman–Crippen MR) is 94.0 cm³/mol. The molecule has 4 heteroatoms. The van der Waals surface area contributed by atoms with Crippen LogP contribution < -0.4 is 0 Å². The van der Waals surface area contributed by atoms with E-state index in [1.165, 1.54) is 5.57 Å². The molecule has 0 spiro atoms. The molecule has 4 aliphatic carbocycles. The summed E-state index contributed by atoms with van der Waals surface area (Å²) < 4.78 is 41.3. The van der Waals surface area contributed by atoms with E-state index in [4.69, 9.17) is 6.42 Å². The molecule has 3 saturated carbocycles. The maximum absolute atomic E-state index is 13.8. The Balaban J connectivity index is 1.70. The van der Waals surface area contributed by atoms with Crippen LogP contribution >= 0.6 is 0 Å². The molecule has 0 aromatic carbocycles. The monoisotopic (exact) mass is 364 g/mol. The van der Waals surface area contributed by atoms with E-state index in [1.807, 2.05) is 6.08 Å². The smallest absolute Gasteiger partial charge is 0.295 e. The van der Waals surface area contributed by atoms with Crippen LogP contribution in [0.3, 0.4) is 0 Å². The van der Waals surface area contributed by atoms with Gasteiger partial charge in [0.15, 0.2) is 5.78 Å². The van der Waals surface area contributed by atoms with Crippen molar-refractivity contribution in [1.82, 2.24) is 0 Å². The van der Waals surface area contributed by atoms with Crippen LogP contribution in [0.4, 0.5) is 13.2 Å². The van der Waals surface area contributed by atoms with Crippen molar-refractivity contribution in [3.05, 3.63) is 11.6 Å². The zero-order valence-electron chi connectivity index (χ0n) is 15.4. The van der Waals surface area contributed by atoms with Crippen LogP contribution in [0.25, 0.3) is 0 Å². The van der Waals surface area contributed by atoms with Crippen LogP contribution in [-0.4, -0.2) is 12.0 Å². The topological polar surface area (TPSA) is 17.1 Å². The number of fused-ring (bicyclic) bond motifs is 5. The van der Waals surface area contributed by atoms with Crippen molar-refractivity contribution >= 4 is 5.78 Å². The van der Waals surface area contributed by atoms with E-state index in [0.29, 0.717) is 31.1 Å². The van der Waals surface area contributed by atoms with E-state index in [1.54, 1.807) is 0 Å². The number of carbonyl (C=O) groups excluding carboxylic acids is 1. The third-order valence-corrected chi connectivity index (χ3v) is 8.44. The highest BCUT2D eigenvalue weighted by atomic mass is 19.4. The van der Waals surface area contributed by atoms with Gasteiger partial charge in [-0.2, -0.15) is 13.2 Å². The zero-order valence-corrected chi connectivity index (χ0v) is 15.4. The lowest BCUT2D eigenvalue weighted by Gasteiger charge is -2.59. The molecule has 0 aromatic heterocycles. The summed E-state index contributed by atoms with van der Waals surface area (Å²) in [4.78, 5) is 11.9. The van der Waals surface area contributed by atoms with E-state index in [-0.39, 0.29) is 17.1 Å². The number of ketones is 1. The Morgan fingerprint density at radius 3 is 2.62 bits per heavy atom. The first-order chi connectivity index (χ1) is 12.2. The summed E-state index contributed by atoms with van der Waals surface area (Å²) in [5.41, 5.74) is 0.496. The summed E-state index contributed by atoms with van der Waals surface area (Å²) >= 11 is 0. The molecular formula is C22H27F3O. The van der Waals surface area contributed by atoms with Crippen LogP contribution in [0.5, 0.6) is 0 Å². The fourth-order valence-electron chi connectivity index (χ4n) is 7.35. The summed E-state index contributed by atoms with van der Waals surface area (Å²) in [6.45, 7) is 2.26. The van der Waals surface area contributed by atoms with Gasteiger partial charge in [0.25, 0.3) is 0 Å². The van der Waals surface area contributed by atoms with Crippen molar-refractivity contribution in [3.8, 4) is 12.3 Å². The minimum atomic E-state index is -4.31. The molecule has 1 nitrogen and oxygen atoms in total. The lowest BCUT2D eigenvalue weighted by Crippen LogP contribution is -2.53. The van der Waals surface area contributed by atoms with Gasteiger partial charge in [-0.3, -0.25) is 4.79 Å². The first-order valence-electron chi connectivity index (χ1n) is 9.99. The number of terminal acetylenes is 1. The molecule has 4 rings (SSSR count). The lowest BCUT2D eigenvalue weighted by atomic mass is 9.45. The SMILES string of the molecule is C#CC(C(F)(F)F)[C@@]12CCC[C@H]1[C@@H]1CCC3=CC(=O)CC[C@]3(C)[C@H]1CC2. The lowest BCUT2D eigenvalue weighted by molar-refractivity contribution is -0.209. The Morgan fingerprint density at radius 2 is 1.92 bits per heavy atom. The molecular weight excluding hydrogens is 337 g/mol. The molecule has 0 amide bonds. The molecule has 26 heavy (non-hydrogen) atoms. The highest BCUT2D eigenvalue weighted by molar-refractivity contribution is 5.91. The zero-order chi connectivity index (χ0) is 18.7. The Hall–Kier alpha value is -1.24. The summed E-state index contributed by atoms with van der Waals surface area (Å²) in [6, 6.07) is 0. The van der Waals surface area contributed by atoms with E-state index in [0.717, 1.165) is 38.5 Å². The van der Waals surface area contributed by atoms with Crippen LogP contribution in [0.2, 0.25) is 0 Å². The van der Waals surface area contributed by atoms with Gasteiger partial charge in [-0.15, -0.1) is 6.42 Å². The van der Waals surface area contributed by atoms with Crippen LogP contribution in [-0.2, 0) is 4.79 Å². The van der Waals surface area contributed by atoms with Crippen LogP contribution in [0.1, 0.15) is 64.7 Å². The number of hydrogen-bond acceptors (Lipinski definition) is 1. The van der Waals surface area contributed by atoms with Crippen molar-refractivity contribution < 1.29 is 18.0 Å². The quantitative estimate of drug-likeness (QED) is 0.546. The van der Waals surface area contributed by atoms with Gasteiger partial charge in [0.2, 0.25) is 0 Å². The minimum Gasteiger partial charge on any atom is -0.295 e. The van der Waals surface area contributed by atoms with Crippen molar-refractivity contribution in [1.29, 1.82) is 0 Å². The van der Waals surface area contributed by atoms with Crippen molar-refractivity contribution in [2.24, 2.45) is 34.5 Å². The molecule has 4 aliphatic rings. The van der Waals surface area contributed by atoms with E-state index < -0.39 is 17.5 Å². The number of hydrogen-bond donors (Lipinski definition) is 0. The van der Waals surface area contributed by atoms with Gasteiger partial charge in [-0.1, -0.05) is 24.8 Å². The Morgan fingerprint density at radius 1 is 1.15 bits per heavy atom. The van der Waals surface area contributed by atoms with Crippen molar-refractivity contribution in [2.45, 2.75) is 70.9 Å². The second kappa shape index (κ2) is 5.88. The molecule has 6 atom stereocenters. The molecule has 0 aromatic rings. The number of rotatable bonds is 1. The third kappa shape index (κ3) is 2.42. The molecule has 0 saturated heterocycles. The Bertz CT molecular complexity index is 684. The molecule has 142 valence electrons. The van der Waals surface area contributed by atoms with E-state index >= 15 is 0 Å². The minimum absolute atomic E-state index is 0.00451. The number of allylic oxidation sites excluding steroid dienone is 1. The normalized spacial score (nSPS) is 43.6. The van der Waals surface area contributed by atoms with Gasteiger partial charge in [0.1, 0.15) is 5.92 Å². The molecule has 1 unspecified atom stereocenters.